The number of nitrogens with one attached hydrogen (secondary N) is 1. The number of nitrogens with zero attached hydrogens (tertiary/aromatic N) is 5. The number of anilines is 1. The fourth-order valence-corrected chi connectivity index (χ4v) is 3.69. The van der Waals surface area contributed by atoms with Gasteiger partial charge in [-0.2, -0.15) is 9.61 Å². The van der Waals surface area contributed by atoms with E-state index in [0.29, 0.717) is 17.2 Å². The zero-order valence-corrected chi connectivity index (χ0v) is 17.0. The van der Waals surface area contributed by atoms with Crippen LogP contribution in [0.5, 0.6) is 0 Å². The van der Waals surface area contributed by atoms with Crippen molar-refractivity contribution < 1.29 is 4.79 Å². The SMILES string of the molecule is O=C(/C=C/c1cccs1)Nc1ccc(-c2ccc3nnc(-c4cccnc4)n3n2)cc1. The van der Waals surface area contributed by atoms with Crippen LogP contribution in [0, 0.1) is 0 Å². The summed E-state index contributed by atoms with van der Waals surface area (Å²) in [6.45, 7) is 0. The first kappa shape index (κ1) is 18.8. The highest BCUT2D eigenvalue weighted by Crippen LogP contribution is 2.22. The molecule has 0 radical (unpaired) electrons. The maximum atomic E-state index is 12.1. The molecule has 0 aliphatic heterocycles. The number of carbonyl (C=O) groups is 1. The molecule has 4 aromatic heterocycles. The van der Waals surface area contributed by atoms with Crippen LogP contribution in [0.1, 0.15) is 4.88 Å². The van der Waals surface area contributed by atoms with Crippen molar-refractivity contribution in [2.24, 2.45) is 0 Å². The van der Waals surface area contributed by atoms with Gasteiger partial charge in [0.2, 0.25) is 5.91 Å². The molecule has 1 amide bonds. The molecule has 0 aliphatic carbocycles. The molecule has 0 spiro atoms. The molecule has 1 N–H and O–H groups in total. The number of hydrogen-bond acceptors (Lipinski definition) is 6. The average Bonchev–Trinajstić information content (AvgIpc) is 3.48. The highest BCUT2D eigenvalue weighted by atomic mass is 32.1. The zero-order chi connectivity index (χ0) is 21.0. The Labute approximate surface area is 181 Å². The van der Waals surface area contributed by atoms with Crippen molar-refractivity contribution in [1.29, 1.82) is 0 Å². The number of benzene rings is 1. The summed E-state index contributed by atoms with van der Waals surface area (Å²) in [5, 5.41) is 18.0. The van der Waals surface area contributed by atoms with E-state index in [-0.39, 0.29) is 5.91 Å². The Balaban J connectivity index is 1.36. The quantitative estimate of drug-likeness (QED) is 0.418. The minimum absolute atomic E-state index is 0.175. The molecule has 0 unspecified atom stereocenters. The fraction of sp³-hybridized carbons (Fsp3) is 0. The first-order chi connectivity index (χ1) is 15.3. The van der Waals surface area contributed by atoms with Gasteiger partial charge < -0.3 is 5.32 Å². The largest absolute Gasteiger partial charge is 0.323 e. The van der Waals surface area contributed by atoms with Crippen molar-refractivity contribution in [3.05, 3.63) is 89.4 Å². The van der Waals surface area contributed by atoms with Gasteiger partial charge in [0.1, 0.15) is 0 Å². The van der Waals surface area contributed by atoms with E-state index in [1.807, 2.05) is 66.0 Å². The first-order valence-electron chi connectivity index (χ1n) is 9.52. The maximum absolute atomic E-state index is 12.1. The predicted octanol–water partition coefficient (Wildman–Crippen LogP) is 4.57. The Hall–Kier alpha value is -4.17. The van der Waals surface area contributed by atoms with Crippen LogP contribution in [0.2, 0.25) is 0 Å². The van der Waals surface area contributed by atoms with Crippen LogP contribution >= 0.6 is 11.3 Å². The van der Waals surface area contributed by atoms with Gasteiger partial charge >= 0.3 is 0 Å². The Morgan fingerprint density at radius 1 is 0.968 bits per heavy atom. The second-order valence-electron chi connectivity index (χ2n) is 6.67. The van der Waals surface area contributed by atoms with Crippen molar-refractivity contribution in [3.63, 3.8) is 0 Å². The summed E-state index contributed by atoms with van der Waals surface area (Å²) in [5.74, 6) is 0.456. The summed E-state index contributed by atoms with van der Waals surface area (Å²) < 4.78 is 1.71. The molecule has 0 bridgehead atoms. The Kier molecular flexibility index (Phi) is 5.04. The summed E-state index contributed by atoms with van der Waals surface area (Å²) in [4.78, 5) is 17.3. The maximum Gasteiger partial charge on any atom is 0.248 e. The molecule has 5 aromatic rings. The van der Waals surface area contributed by atoms with E-state index in [1.54, 1.807) is 34.3 Å². The number of amides is 1. The molecule has 8 heteroatoms. The molecule has 0 aliphatic rings. The van der Waals surface area contributed by atoms with E-state index < -0.39 is 0 Å². The topological polar surface area (TPSA) is 85.1 Å². The molecule has 5 rings (SSSR count). The van der Waals surface area contributed by atoms with Gasteiger partial charge in [-0.15, -0.1) is 21.5 Å². The van der Waals surface area contributed by atoms with Gasteiger partial charge in [-0.1, -0.05) is 18.2 Å². The Morgan fingerprint density at radius 2 is 1.87 bits per heavy atom. The van der Waals surface area contributed by atoms with Gasteiger partial charge in [-0.3, -0.25) is 9.78 Å². The molecule has 7 nitrogen and oxygen atoms in total. The smallest absolute Gasteiger partial charge is 0.248 e. The number of carbonyl (C=O) groups excluding carboxylic acids is 1. The molecule has 0 atom stereocenters. The van der Waals surface area contributed by atoms with Crippen LogP contribution < -0.4 is 5.32 Å². The molecule has 0 saturated carbocycles. The van der Waals surface area contributed by atoms with Gasteiger partial charge in [0.15, 0.2) is 11.5 Å². The van der Waals surface area contributed by atoms with E-state index in [9.17, 15) is 4.79 Å². The Bertz CT molecular complexity index is 1360. The fourth-order valence-electron chi connectivity index (χ4n) is 3.07. The van der Waals surface area contributed by atoms with Crippen LogP contribution in [0.15, 0.2) is 84.5 Å². The number of hydrogen-bond donors (Lipinski definition) is 1. The van der Waals surface area contributed by atoms with E-state index in [4.69, 9.17) is 5.10 Å². The van der Waals surface area contributed by atoms with Gasteiger partial charge in [-0.05, 0) is 53.9 Å². The van der Waals surface area contributed by atoms with Crippen molar-refractivity contribution in [2.45, 2.75) is 0 Å². The lowest BCUT2D eigenvalue weighted by molar-refractivity contribution is -0.111. The standard InChI is InChI=1S/C23H16N6OS/c30-22(12-9-19-4-2-14-31-19)25-18-7-5-16(6-8-18)20-10-11-21-26-27-23(29(21)28-20)17-3-1-13-24-15-17/h1-15H,(H,25,30)/b12-9+. The summed E-state index contributed by atoms with van der Waals surface area (Å²) in [5.41, 5.74) is 3.90. The molecule has 150 valence electrons. The van der Waals surface area contributed by atoms with Gasteiger partial charge in [0, 0.05) is 40.2 Å². The highest BCUT2D eigenvalue weighted by Gasteiger charge is 2.11. The third-order valence-electron chi connectivity index (χ3n) is 4.57. The molecule has 1 aromatic carbocycles. The van der Waals surface area contributed by atoms with Crippen molar-refractivity contribution >= 4 is 34.7 Å². The molecule has 4 heterocycles. The summed E-state index contributed by atoms with van der Waals surface area (Å²) in [6, 6.07) is 19.0. The number of aromatic nitrogens is 5. The van der Waals surface area contributed by atoms with Crippen LogP contribution in [0.25, 0.3) is 34.4 Å². The zero-order valence-electron chi connectivity index (χ0n) is 16.2. The third-order valence-corrected chi connectivity index (χ3v) is 5.41. The molecule has 0 saturated heterocycles. The van der Waals surface area contributed by atoms with Gasteiger partial charge in [0.25, 0.3) is 0 Å². The summed E-state index contributed by atoms with van der Waals surface area (Å²) in [6.07, 6.45) is 6.77. The molecule has 31 heavy (non-hydrogen) atoms. The normalized spacial score (nSPS) is 11.2. The minimum Gasteiger partial charge on any atom is -0.323 e. The van der Waals surface area contributed by atoms with Crippen molar-refractivity contribution in [3.8, 4) is 22.6 Å². The van der Waals surface area contributed by atoms with Gasteiger partial charge in [-0.25, -0.2) is 0 Å². The Morgan fingerprint density at radius 3 is 2.65 bits per heavy atom. The number of pyridine rings is 1. The number of fused-ring (bicyclic) bond motifs is 1. The molecular weight excluding hydrogens is 408 g/mol. The first-order valence-corrected chi connectivity index (χ1v) is 10.4. The van der Waals surface area contributed by atoms with Crippen molar-refractivity contribution in [2.75, 3.05) is 5.32 Å². The van der Waals surface area contributed by atoms with Gasteiger partial charge in [0.05, 0.1) is 5.69 Å². The van der Waals surface area contributed by atoms with Crippen LogP contribution in [0.4, 0.5) is 5.69 Å². The molecule has 0 fully saturated rings. The number of rotatable bonds is 5. The van der Waals surface area contributed by atoms with Crippen LogP contribution in [-0.2, 0) is 4.79 Å². The van der Waals surface area contributed by atoms with E-state index in [1.165, 1.54) is 6.08 Å². The monoisotopic (exact) mass is 424 g/mol. The minimum atomic E-state index is -0.175. The van der Waals surface area contributed by atoms with Crippen LogP contribution in [0.3, 0.4) is 0 Å². The van der Waals surface area contributed by atoms with Crippen molar-refractivity contribution in [1.82, 2.24) is 24.8 Å². The summed E-state index contributed by atoms with van der Waals surface area (Å²) in [7, 11) is 0. The second-order valence-corrected chi connectivity index (χ2v) is 7.65. The average molecular weight is 424 g/mol. The lowest BCUT2D eigenvalue weighted by atomic mass is 10.1. The predicted molar refractivity (Wildman–Crippen MR) is 121 cm³/mol. The van der Waals surface area contributed by atoms with E-state index >= 15 is 0 Å². The highest BCUT2D eigenvalue weighted by molar-refractivity contribution is 7.10. The molecular formula is C23H16N6OS. The van der Waals surface area contributed by atoms with E-state index in [2.05, 4.69) is 20.5 Å². The third kappa shape index (κ3) is 4.10. The van der Waals surface area contributed by atoms with E-state index in [0.717, 1.165) is 21.7 Å². The number of thiophene rings is 1. The summed E-state index contributed by atoms with van der Waals surface area (Å²) >= 11 is 1.58. The lowest BCUT2D eigenvalue weighted by Gasteiger charge is -2.06. The second kappa shape index (κ2) is 8.29. The lowest BCUT2D eigenvalue weighted by Crippen LogP contribution is -2.07. The van der Waals surface area contributed by atoms with Crippen LogP contribution in [-0.4, -0.2) is 30.7 Å².